The van der Waals surface area contributed by atoms with Crippen LogP contribution in [0.15, 0.2) is 24.3 Å². The van der Waals surface area contributed by atoms with E-state index in [0.717, 1.165) is 17.2 Å². The van der Waals surface area contributed by atoms with Gasteiger partial charge >= 0.3 is 0 Å². The third kappa shape index (κ3) is 2.31. The predicted molar refractivity (Wildman–Crippen MR) is 80.4 cm³/mol. The first-order valence-electron chi connectivity index (χ1n) is 7.90. The van der Waals surface area contributed by atoms with Gasteiger partial charge in [0.1, 0.15) is 5.75 Å². The monoisotopic (exact) mass is 286 g/mol. The van der Waals surface area contributed by atoms with Gasteiger partial charge in [0.15, 0.2) is 0 Å². The first-order valence-corrected chi connectivity index (χ1v) is 7.90. The number of hydrogen-bond donors (Lipinski definition) is 1. The minimum Gasteiger partial charge on any atom is -0.497 e. The second kappa shape index (κ2) is 5.02. The molecule has 112 valence electrons. The lowest BCUT2D eigenvalue weighted by Crippen LogP contribution is -2.64. The number of piperidine rings is 3. The highest BCUT2D eigenvalue weighted by atomic mass is 16.5. The van der Waals surface area contributed by atoms with Gasteiger partial charge in [0.05, 0.1) is 7.11 Å². The normalized spacial score (nSPS) is 36.5. The average Bonchev–Trinajstić information content (AvgIpc) is 2.50. The Morgan fingerprint density at radius 3 is 2.38 bits per heavy atom. The number of carbonyl (C=O) groups is 1. The van der Waals surface area contributed by atoms with E-state index in [2.05, 4.69) is 10.2 Å². The van der Waals surface area contributed by atoms with Crippen LogP contribution in [0.3, 0.4) is 0 Å². The van der Waals surface area contributed by atoms with Crippen LogP contribution in [0.25, 0.3) is 0 Å². The van der Waals surface area contributed by atoms with E-state index < -0.39 is 0 Å². The summed E-state index contributed by atoms with van der Waals surface area (Å²) in [7, 11) is 1.64. The van der Waals surface area contributed by atoms with Gasteiger partial charge in [-0.15, -0.1) is 0 Å². The molecule has 1 amide bonds. The molecule has 21 heavy (non-hydrogen) atoms. The van der Waals surface area contributed by atoms with E-state index in [4.69, 9.17) is 4.74 Å². The summed E-state index contributed by atoms with van der Waals surface area (Å²) >= 11 is 0. The number of ether oxygens (including phenoxy) is 1. The summed E-state index contributed by atoms with van der Waals surface area (Å²) in [6, 6.07) is 7.74. The summed E-state index contributed by atoms with van der Waals surface area (Å²) in [6.45, 7) is 3.62. The van der Waals surface area contributed by atoms with Crippen LogP contribution in [0.1, 0.15) is 23.2 Å². The zero-order valence-electron chi connectivity index (χ0n) is 12.4. The fraction of sp³-hybridized carbons (Fsp3) is 0.588. The highest BCUT2D eigenvalue weighted by molar-refractivity contribution is 5.94. The largest absolute Gasteiger partial charge is 0.497 e. The molecule has 3 heterocycles. The van der Waals surface area contributed by atoms with E-state index >= 15 is 0 Å². The number of nitrogens with zero attached hydrogens (tertiary/aromatic N) is 1. The number of rotatable bonds is 3. The summed E-state index contributed by atoms with van der Waals surface area (Å²) in [4.78, 5) is 15.1. The number of methoxy groups -OCH3 is 1. The Kier molecular flexibility index (Phi) is 3.14. The number of carbonyl (C=O) groups excluding carboxylic acids is 1. The summed E-state index contributed by atoms with van der Waals surface area (Å²) in [5.41, 5.74) is 0.727. The van der Waals surface area contributed by atoms with Crippen LogP contribution in [0, 0.1) is 17.8 Å². The van der Waals surface area contributed by atoms with Crippen LogP contribution in [-0.4, -0.2) is 43.6 Å². The second-order valence-electron chi connectivity index (χ2n) is 6.80. The molecule has 0 aromatic heterocycles. The quantitative estimate of drug-likeness (QED) is 0.920. The Balaban J connectivity index is 1.46. The van der Waals surface area contributed by atoms with Crippen LogP contribution >= 0.6 is 0 Å². The lowest BCUT2D eigenvalue weighted by atomic mass is 9.65. The summed E-state index contributed by atoms with van der Waals surface area (Å²) in [5, 5.41) is 3.31. The Morgan fingerprint density at radius 1 is 1.14 bits per heavy atom. The van der Waals surface area contributed by atoms with Gasteiger partial charge in [0.25, 0.3) is 5.91 Å². The Labute approximate surface area is 125 Å². The zero-order chi connectivity index (χ0) is 14.4. The van der Waals surface area contributed by atoms with Gasteiger partial charge in [-0.05, 0) is 54.9 Å². The van der Waals surface area contributed by atoms with Crippen molar-refractivity contribution in [1.29, 1.82) is 0 Å². The van der Waals surface area contributed by atoms with Crippen molar-refractivity contribution >= 4 is 5.91 Å². The highest BCUT2D eigenvalue weighted by Gasteiger charge is 2.47. The van der Waals surface area contributed by atoms with Crippen LogP contribution in [0.4, 0.5) is 0 Å². The molecule has 0 spiro atoms. The molecule has 0 radical (unpaired) electrons. The van der Waals surface area contributed by atoms with Gasteiger partial charge in [-0.3, -0.25) is 4.79 Å². The molecular formula is C17H22N2O2. The van der Waals surface area contributed by atoms with Gasteiger partial charge in [-0.2, -0.15) is 0 Å². The Morgan fingerprint density at radius 2 is 1.81 bits per heavy atom. The predicted octanol–water partition coefficient (Wildman–Crippen LogP) is 1.77. The van der Waals surface area contributed by atoms with Crippen molar-refractivity contribution in [3.63, 3.8) is 0 Å². The number of amides is 1. The van der Waals surface area contributed by atoms with Gasteiger partial charge in [-0.25, -0.2) is 0 Å². The van der Waals surface area contributed by atoms with Crippen molar-refractivity contribution in [3.05, 3.63) is 29.8 Å². The molecule has 1 aromatic carbocycles. The molecule has 3 aliphatic heterocycles. The summed E-state index contributed by atoms with van der Waals surface area (Å²) < 4.78 is 5.14. The van der Waals surface area contributed by atoms with Crippen LogP contribution < -0.4 is 10.1 Å². The maximum atomic E-state index is 12.5. The molecule has 4 nitrogen and oxygen atoms in total. The number of benzene rings is 1. The van der Waals surface area contributed by atoms with Crippen LogP contribution in [0.5, 0.6) is 5.75 Å². The maximum absolute atomic E-state index is 12.5. The minimum atomic E-state index is 0.0603. The molecule has 2 atom stereocenters. The van der Waals surface area contributed by atoms with Crippen LogP contribution in [0.2, 0.25) is 0 Å². The molecule has 0 unspecified atom stereocenters. The van der Waals surface area contributed by atoms with E-state index in [9.17, 15) is 4.79 Å². The van der Waals surface area contributed by atoms with Gasteiger partial charge in [0, 0.05) is 31.2 Å². The van der Waals surface area contributed by atoms with Crippen molar-refractivity contribution < 1.29 is 9.53 Å². The van der Waals surface area contributed by atoms with E-state index in [-0.39, 0.29) is 5.91 Å². The molecule has 1 aromatic rings. The molecule has 5 rings (SSSR count). The molecule has 1 saturated carbocycles. The van der Waals surface area contributed by atoms with Crippen LogP contribution in [-0.2, 0) is 0 Å². The van der Waals surface area contributed by atoms with Crippen molar-refractivity contribution in [1.82, 2.24) is 10.2 Å². The Bertz CT molecular complexity index is 512. The minimum absolute atomic E-state index is 0.0603. The smallest absolute Gasteiger partial charge is 0.251 e. The highest BCUT2D eigenvalue weighted by Crippen LogP contribution is 2.43. The summed E-state index contributed by atoms with van der Waals surface area (Å²) in [5.74, 6) is 3.02. The van der Waals surface area contributed by atoms with E-state index in [0.29, 0.717) is 17.9 Å². The van der Waals surface area contributed by atoms with E-state index in [1.165, 1.54) is 32.5 Å². The standard InChI is InChI=1S/C17H22N2O2/c1-21-15-4-2-12(3-5-15)17(20)18-16-13-6-11-7-14(16)10-19(8-11)9-13/h2-5,11,13-14,16H,6-10H2,1H3,(H,18,20)/t11?,13-,14-,16?/m0/s1. The fourth-order valence-corrected chi connectivity index (χ4v) is 4.62. The maximum Gasteiger partial charge on any atom is 0.251 e. The molecule has 4 bridgehead atoms. The lowest BCUT2D eigenvalue weighted by molar-refractivity contribution is -0.0418. The first kappa shape index (κ1) is 13.1. The topological polar surface area (TPSA) is 41.6 Å². The van der Waals surface area contributed by atoms with Crippen molar-refractivity contribution in [2.75, 3.05) is 26.7 Å². The molecule has 3 saturated heterocycles. The average molecular weight is 286 g/mol. The third-order valence-corrected chi connectivity index (χ3v) is 5.44. The molecule has 4 fully saturated rings. The fourth-order valence-electron chi connectivity index (χ4n) is 4.62. The van der Waals surface area contributed by atoms with E-state index in [1.807, 2.05) is 24.3 Å². The van der Waals surface area contributed by atoms with Crippen molar-refractivity contribution in [2.24, 2.45) is 17.8 Å². The van der Waals surface area contributed by atoms with Gasteiger partial charge in [-0.1, -0.05) is 0 Å². The lowest BCUT2D eigenvalue weighted by Gasteiger charge is -2.55. The molecule has 4 aliphatic rings. The summed E-state index contributed by atoms with van der Waals surface area (Å²) in [6.07, 6.45) is 2.58. The third-order valence-electron chi connectivity index (χ3n) is 5.44. The van der Waals surface area contributed by atoms with Crippen molar-refractivity contribution in [3.8, 4) is 5.75 Å². The number of nitrogens with one attached hydrogen (secondary N) is 1. The molecular weight excluding hydrogens is 264 g/mol. The zero-order valence-corrected chi connectivity index (χ0v) is 12.4. The SMILES string of the molecule is COc1ccc(C(=O)NC2[C@H]3CC4C[C@H]2CN(C4)C3)cc1. The first-order chi connectivity index (χ1) is 10.2. The second-order valence-corrected chi connectivity index (χ2v) is 6.80. The van der Waals surface area contributed by atoms with Crippen molar-refractivity contribution in [2.45, 2.75) is 18.9 Å². The molecule has 1 N–H and O–H groups in total. The Hall–Kier alpha value is -1.55. The van der Waals surface area contributed by atoms with Gasteiger partial charge < -0.3 is 15.0 Å². The number of hydrogen-bond acceptors (Lipinski definition) is 3. The molecule has 1 aliphatic carbocycles. The van der Waals surface area contributed by atoms with Gasteiger partial charge in [0.2, 0.25) is 0 Å². The van der Waals surface area contributed by atoms with E-state index in [1.54, 1.807) is 7.11 Å². The molecule has 4 heteroatoms.